The first-order valence-corrected chi connectivity index (χ1v) is 5.83. The predicted octanol–water partition coefficient (Wildman–Crippen LogP) is 3.09. The minimum atomic E-state index is -0.133. The fourth-order valence-corrected chi connectivity index (χ4v) is 2.14. The summed E-state index contributed by atoms with van der Waals surface area (Å²) in [5.41, 5.74) is -0.0146. The molecule has 82 valence electrons. The summed E-state index contributed by atoms with van der Waals surface area (Å²) >= 11 is 0. The van der Waals surface area contributed by atoms with Crippen LogP contribution in [0.3, 0.4) is 0 Å². The number of hydrogen-bond acceptors (Lipinski definition) is 2. The van der Waals surface area contributed by atoms with Crippen LogP contribution in [0.2, 0.25) is 0 Å². The zero-order valence-electron chi connectivity index (χ0n) is 9.42. The molecule has 0 aliphatic carbocycles. The van der Waals surface area contributed by atoms with Crippen LogP contribution in [0.5, 0.6) is 0 Å². The van der Waals surface area contributed by atoms with E-state index in [0.717, 1.165) is 25.5 Å². The molecule has 1 aliphatic rings. The minimum absolute atomic E-state index is 0.0146. The molecular weight excluding hydrogens is 176 g/mol. The molecule has 14 heavy (non-hydrogen) atoms. The van der Waals surface area contributed by atoms with Gasteiger partial charge in [-0.05, 0) is 26.2 Å². The number of hydrogen-bond donors (Lipinski definition) is 0. The van der Waals surface area contributed by atoms with Crippen molar-refractivity contribution < 1.29 is 9.53 Å². The first kappa shape index (κ1) is 11.7. The Labute approximate surface area is 87.0 Å². The lowest BCUT2D eigenvalue weighted by Gasteiger charge is -2.23. The number of unbranched alkanes of at least 4 members (excludes halogenated alkanes) is 3. The van der Waals surface area contributed by atoms with E-state index < -0.39 is 0 Å². The Morgan fingerprint density at radius 2 is 2.21 bits per heavy atom. The minimum Gasteiger partial charge on any atom is -0.365 e. The summed E-state index contributed by atoms with van der Waals surface area (Å²) < 4.78 is 5.71. The molecule has 1 heterocycles. The number of rotatable bonds is 6. The second kappa shape index (κ2) is 5.50. The van der Waals surface area contributed by atoms with Crippen molar-refractivity contribution in [1.82, 2.24) is 0 Å². The van der Waals surface area contributed by atoms with Crippen molar-refractivity contribution in [2.75, 3.05) is 0 Å². The van der Waals surface area contributed by atoms with Gasteiger partial charge < -0.3 is 9.53 Å². The van der Waals surface area contributed by atoms with Crippen LogP contribution in [0.4, 0.5) is 0 Å². The maximum atomic E-state index is 10.5. The molecular formula is C12H22O2. The highest BCUT2D eigenvalue weighted by atomic mass is 16.5. The van der Waals surface area contributed by atoms with Crippen LogP contribution >= 0.6 is 0 Å². The Kier molecular flexibility index (Phi) is 4.59. The molecule has 0 N–H and O–H groups in total. The lowest BCUT2D eigenvalue weighted by molar-refractivity contribution is -0.122. The van der Waals surface area contributed by atoms with Crippen LogP contribution in [-0.2, 0) is 9.53 Å². The van der Waals surface area contributed by atoms with Crippen LogP contribution in [-0.4, -0.2) is 18.0 Å². The number of ether oxygens (including phenoxy) is 1. The van der Waals surface area contributed by atoms with Crippen LogP contribution < -0.4 is 0 Å². The summed E-state index contributed by atoms with van der Waals surface area (Å²) in [5.74, 6) is 0. The van der Waals surface area contributed by atoms with E-state index in [1.165, 1.54) is 25.7 Å². The summed E-state index contributed by atoms with van der Waals surface area (Å²) in [6.07, 6.45) is 8.98. The largest absolute Gasteiger partial charge is 0.365 e. The predicted molar refractivity (Wildman–Crippen MR) is 57.3 cm³/mol. The molecule has 0 bridgehead atoms. The third-order valence-electron chi connectivity index (χ3n) is 3.10. The Morgan fingerprint density at radius 3 is 2.79 bits per heavy atom. The van der Waals surface area contributed by atoms with Crippen molar-refractivity contribution in [1.29, 1.82) is 0 Å². The highest BCUT2D eigenvalue weighted by Gasteiger charge is 2.34. The van der Waals surface area contributed by atoms with Gasteiger partial charge in [0.2, 0.25) is 0 Å². The van der Waals surface area contributed by atoms with Crippen LogP contribution in [0.25, 0.3) is 0 Å². The van der Waals surface area contributed by atoms with Gasteiger partial charge in [0.1, 0.15) is 12.4 Å². The summed E-state index contributed by atoms with van der Waals surface area (Å²) in [6, 6.07) is 0. The van der Waals surface area contributed by atoms with E-state index in [2.05, 4.69) is 13.8 Å². The van der Waals surface area contributed by atoms with E-state index in [1.807, 2.05) is 0 Å². The molecule has 0 radical (unpaired) electrons. The Morgan fingerprint density at radius 1 is 1.43 bits per heavy atom. The SMILES string of the molecule is CCCCCCC1(C)CCC(C=O)O1. The number of carbonyl (C=O) groups is 1. The molecule has 1 fully saturated rings. The number of aldehydes is 1. The third kappa shape index (κ3) is 3.41. The molecule has 2 heteroatoms. The Bertz CT molecular complexity index is 179. The maximum Gasteiger partial charge on any atom is 0.148 e. The highest BCUT2D eigenvalue weighted by Crippen LogP contribution is 2.33. The second-order valence-electron chi connectivity index (χ2n) is 4.59. The summed E-state index contributed by atoms with van der Waals surface area (Å²) in [4.78, 5) is 10.5. The summed E-state index contributed by atoms with van der Waals surface area (Å²) in [5, 5.41) is 0. The molecule has 2 atom stereocenters. The van der Waals surface area contributed by atoms with Crippen molar-refractivity contribution in [2.45, 2.75) is 70.5 Å². The van der Waals surface area contributed by atoms with Crippen molar-refractivity contribution in [2.24, 2.45) is 0 Å². The summed E-state index contributed by atoms with van der Waals surface area (Å²) in [6.45, 7) is 4.36. The average molecular weight is 198 g/mol. The van der Waals surface area contributed by atoms with Crippen LogP contribution in [0.1, 0.15) is 58.8 Å². The quantitative estimate of drug-likeness (QED) is 0.484. The monoisotopic (exact) mass is 198 g/mol. The average Bonchev–Trinajstić information content (AvgIpc) is 2.56. The van der Waals surface area contributed by atoms with Gasteiger partial charge in [-0.3, -0.25) is 0 Å². The van der Waals surface area contributed by atoms with Crippen molar-refractivity contribution in [3.05, 3.63) is 0 Å². The van der Waals surface area contributed by atoms with Gasteiger partial charge in [-0.15, -0.1) is 0 Å². The van der Waals surface area contributed by atoms with E-state index in [9.17, 15) is 4.79 Å². The maximum absolute atomic E-state index is 10.5. The lowest BCUT2D eigenvalue weighted by atomic mass is 9.95. The van der Waals surface area contributed by atoms with Gasteiger partial charge in [-0.1, -0.05) is 32.6 Å². The van der Waals surface area contributed by atoms with Crippen LogP contribution in [0, 0.1) is 0 Å². The van der Waals surface area contributed by atoms with Gasteiger partial charge in [0.15, 0.2) is 0 Å². The van der Waals surface area contributed by atoms with Gasteiger partial charge in [0.25, 0.3) is 0 Å². The first-order chi connectivity index (χ1) is 6.70. The van der Waals surface area contributed by atoms with Gasteiger partial charge in [-0.2, -0.15) is 0 Å². The third-order valence-corrected chi connectivity index (χ3v) is 3.10. The molecule has 0 saturated carbocycles. The fraction of sp³-hybridized carbons (Fsp3) is 0.917. The molecule has 1 saturated heterocycles. The molecule has 1 rings (SSSR count). The zero-order chi connectivity index (χ0) is 10.4. The molecule has 0 aromatic heterocycles. The van der Waals surface area contributed by atoms with E-state index in [0.29, 0.717) is 0 Å². The molecule has 0 amide bonds. The van der Waals surface area contributed by atoms with E-state index in [-0.39, 0.29) is 11.7 Å². The second-order valence-corrected chi connectivity index (χ2v) is 4.59. The van der Waals surface area contributed by atoms with E-state index in [1.54, 1.807) is 0 Å². The topological polar surface area (TPSA) is 26.3 Å². The van der Waals surface area contributed by atoms with Gasteiger partial charge in [0.05, 0.1) is 5.60 Å². The van der Waals surface area contributed by atoms with Gasteiger partial charge in [-0.25, -0.2) is 0 Å². The summed E-state index contributed by atoms with van der Waals surface area (Å²) in [7, 11) is 0. The van der Waals surface area contributed by atoms with E-state index >= 15 is 0 Å². The van der Waals surface area contributed by atoms with Crippen molar-refractivity contribution in [3.63, 3.8) is 0 Å². The molecule has 0 aromatic rings. The zero-order valence-corrected chi connectivity index (χ0v) is 9.42. The van der Waals surface area contributed by atoms with E-state index in [4.69, 9.17) is 4.74 Å². The molecule has 2 unspecified atom stereocenters. The fourth-order valence-electron chi connectivity index (χ4n) is 2.14. The molecule has 0 aromatic carbocycles. The van der Waals surface area contributed by atoms with Gasteiger partial charge in [0, 0.05) is 0 Å². The molecule has 2 nitrogen and oxygen atoms in total. The molecule has 1 aliphatic heterocycles. The number of carbonyl (C=O) groups excluding carboxylic acids is 1. The van der Waals surface area contributed by atoms with Gasteiger partial charge >= 0.3 is 0 Å². The standard InChI is InChI=1S/C12H22O2/c1-3-4-5-6-8-12(2)9-7-11(10-13)14-12/h10-11H,3-9H2,1-2H3. The van der Waals surface area contributed by atoms with Crippen molar-refractivity contribution >= 4 is 6.29 Å². The van der Waals surface area contributed by atoms with Crippen LogP contribution in [0.15, 0.2) is 0 Å². The first-order valence-electron chi connectivity index (χ1n) is 5.83. The highest BCUT2D eigenvalue weighted by molar-refractivity contribution is 5.56. The molecule has 0 spiro atoms. The Balaban J connectivity index is 2.19. The smallest absolute Gasteiger partial charge is 0.148 e. The van der Waals surface area contributed by atoms with Crippen molar-refractivity contribution in [3.8, 4) is 0 Å². The Hall–Kier alpha value is -0.370. The lowest BCUT2D eigenvalue weighted by Crippen LogP contribution is -2.25. The normalized spacial score (nSPS) is 32.0.